The SMILES string of the molecule is CNC(C)(C)/C(N)=C/C#N. The molecule has 56 valence electrons. The van der Waals surface area contributed by atoms with Gasteiger partial charge in [0.05, 0.1) is 11.6 Å². The Morgan fingerprint density at radius 3 is 2.50 bits per heavy atom. The first-order chi connectivity index (χ1) is 4.54. The molecule has 0 unspecified atom stereocenters. The van der Waals surface area contributed by atoms with Crippen molar-refractivity contribution >= 4 is 0 Å². The Bertz CT molecular complexity index is 174. The first-order valence-electron chi connectivity index (χ1n) is 3.09. The summed E-state index contributed by atoms with van der Waals surface area (Å²) in [5.74, 6) is 0. The van der Waals surface area contributed by atoms with E-state index in [0.717, 1.165) is 0 Å². The van der Waals surface area contributed by atoms with Crippen molar-refractivity contribution in [2.45, 2.75) is 19.4 Å². The van der Waals surface area contributed by atoms with Crippen LogP contribution in [0.5, 0.6) is 0 Å². The van der Waals surface area contributed by atoms with Gasteiger partial charge >= 0.3 is 0 Å². The van der Waals surface area contributed by atoms with Crippen LogP contribution in [0.15, 0.2) is 11.8 Å². The Balaban J connectivity index is 4.35. The predicted molar refractivity (Wildman–Crippen MR) is 41.0 cm³/mol. The largest absolute Gasteiger partial charge is 0.400 e. The summed E-state index contributed by atoms with van der Waals surface area (Å²) < 4.78 is 0. The lowest BCUT2D eigenvalue weighted by atomic mass is 10.0. The van der Waals surface area contributed by atoms with Crippen molar-refractivity contribution in [3.8, 4) is 6.07 Å². The molecule has 0 aromatic rings. The average molecular weight is 139 g/mol. The lowest BCUT2D eigenvalue weighted by Gasteiger charge is -2.23. The first-order valence-corrected chi connectivity index (χ1v) is 3.09. The zero-order valence-electron chi connectivity index (χ0n) is 6.60. The smallest absolute Gasteiger partial charge is 0.0930 e. The number of nitrogens with one attached hydrogen (secondary N) is 1. The van der Waals surface area contributed by atoms with Crippen LogP contribution in [0.1, 0.15) is 13.8 Å². The van der Waals surface area contributed by atoms with Crippen molar-refractivity contribution in [1.29, 1.82) is 5.26 Å². The predicted octanol–water partition coefficient (Wildman–Crippen LogP) is 0.351. The number of hydrogen-bond donors (Lipinski definition) is 2. The van der Waals surface area contributed by atoms with Gasteiger partial charge in [-0.05, 0) is 20.9 Å². The van der Waals surface area contributed by atoms with Gasteiger partial charge < -0.3 is 11.1 Å². The fraction of sp³-hybridized carbons (Fsp3) is 0.571. The van der Waals surface area contributed by atoms with Crippen molar-refractivity contribution in [3.05, 3.63) is 11.8 Å². The van der Waals surface area contributed by atoms with Gasteiger partial charge in [-0.15, -0.1) is 0 Å². The van der Waals surface area contributed by atoms with Gasteiger partial charge in [0, 0.05) is 11.8 Å². The highest BCUT2D eigenvalue weighted by atomic mass is 15.0. The van der Waals surface area contributed by atoms with Crippen LogP contribution in [-0.2, 0) is 0 Å². The highest BCUT2D eigenvalue weighted by Crippen LogP contribution is 2.08. The van der Waals surface area contributed by atoms with Crippen LogP contribution in [0, 0.1) is 11.3 Å². The maximum absolute atomic E-state index is 8.26. The Kier molecular flexibility index (Phi) is 2.91. The molecule has 0 atom stereocenters. The molecule has 0 saturated carbocycles. The molecule has 0 rings (SSSR count). The highest BCUT2D eigenvalue weighted by Gasteiger charge is 2.17. The number of nitriles is 1. The minimum Gasteiger partial charge on any atom is -0.400 e. The fourth-order valence-corrected chi connectivity index (χ4v) is 0.394. The van der Waals surface area contributed by atoms with Crippen molar-refractivity contribution in [2.75, 3.05) is 7.05 Å². The van der Waals surface area contributed by atoms with Crippen LogP contribution in [0.25, 0.3) is 0 Å². The molecule has 0 fully saturated rings. The second-order valence-electron chi connectivity index (χ2n) is 2.60. The van der Waals surface area contributed by atoms with Gasteiger partial charge in [0.15, 0.2) is 0 Å². The number of hydrogen-bond acceptors (Lipinski definition) is 3. The first kappa shape index (κ1) is 8.99. The zero-order chi connectivity index (χ0) is 8.20. The highest BCUT2D eigenvalue weighted by molar-refractivity contribution is 5.20. The summed E-state index contributed by atoms with van der Waals surface area (Å²) in [6.07, 6.45) is 1.34. The third-order valence-electron chi connectivity index (χ3n) is 1.57. The monoisotopic (exact) mass is 139 g/mol. The molecule has 0 spiro atoms. The number of nitrogens with zero attached hydrogens (tertiary/aromatic N) is 1. The molecule has 0 heterocycles. The van der Waals surface area contributed by atoms with E-state index < -0.39 is 0 Å². The molecule has 3 heteroatoms. The zero-order valence-corrected chi connectivity index (χ0v) is 6.60. The maximum atomic E-state index is 8.26. The molecule has 0 radical (unpaired) electrons. The number of likely N-dealkylation sites (N-methyl/N-ethyl adjacent to an activating group) is 1. The summed E-state index contributed by atoms with van der Waals surface area (Å²) in [5.41, 5.74) is 5.82. The van der Waals surface area contributed by atoms with Crippen LogP contribution in [0.2, 0.25) is 0 Å². The van der Waals surface area contributed by atoms with Crippen molar-refractivity contribution in [1.82, 2.24) is 5.32 Å². The summed E-state index contributed by atoms with van der Waals surface area (Å²) >= 11 is 0. The minimum absolute atomic E-state index is 0.282. The van der Waals surface area contributed by atoms with Gasteiger partial charge in [-0.3, -0.25) is 0 Å². The number of allylic oxidation sites excluding steroid dienone is 1. The minimum atomic E-state index is -0.282. The van der Waals surface area contributed by atoms with E-state index in [1.54, 1.807) is 7.05 Å². The van der Waals surface area contributed by atoms with Crippen LogP contribution in [0.4, 0.5) is 0 Å². The lowest BCUT2D eigenvalue weighted by molar-refractivity contribution is 0.492. The molecule has 0 aliphatic heterocycles. The number of nitrogens with two attached hydrogens (primary N) is 1. The Hall–Kier alpha value is -1.01. The Morgan fingerprint density at radius 2 is 2.20 bits per heavy atom. The van der Waals surface area contributed by atoms with E-state index in [-0.39, 0.29) is 5.54 Å². The Morgan fingerprint density at radius 1 is 1.70 bits per heavy atom. The molecule has 10 heavy (non-hydrogen) atoms. The van der Waals surface area contributed by atoms with Gasteiger partial charge in [0.2, 0.25) is 0 Å². The van der Waals surface area contributed by atoms with E-state index in [1.807, 2.05) is 19.9 Å². The lowest BCUT2D eigenvalue weighted by Crippen LogP contribution is -2.41. The summed E-state index contributed by atoms with van der Waals surface area (Å²) in [6.45, 7) is 3.83. The van der Waals surface area contributed by atoms with Crippen LogP contribution in [-0.4, -0.2) is 12.6 Å². The van der Waals surface area contributed by atoms with E-state index in [1.165, 1.54) is 6.08 Å². The molecule has 3 N–H and O–H groups in total. The molecular weight excluding hydrogens is 126 g/mol. The maximum Gasteiger partial charge on any atom is 0.0930 e. The van der Waals surface area contributed by atoms with Gasteiger partial charge in [0.25, 0.3) is 0 Å². The third-order valence-corrected chi connectivity index (χ3v) is 1.57. The van der Waals surface area contributed by atoms with Gasteiger partial charge in [0.1, 0.15) is 0 Å². The molecule has 0 aromatic heterocycles. The second kappa shape index (κ2) is 3.23. The van der Waals surface area contributed by atoms with Crippen molar-refractivity contribution in [3.63, 3.8) is 0 Å². The molecule has 0 amide bonds. The van der Waals surface area contributed by atoms with E-state index in [0.29, 0.717) is 5.70 Å². The van der Waals surface area contributed by atoms with Gasteiger partial charge in [-0.2, -0.15) is 5.26 Å². The Labute approximate surface area is 61.5 Å². The van der Waals surface area contributed by atoms with E-state index in [9.17, 15) is 0 Å². The van der Waals surface area contributed by atoms with E-state index in [4.69, 9.17) is 11.0 Å². The normalized spacial score (nSPS) is 12.8. The van der Waals surface area contributed by atoms with Crippen LogP contribution < -0.4 is 11.1 Å². The summed E-state index contributed by atoms with van der Waals surface area (Å²) in [5, 5.41) is 11.2. The molecule has 0 aliphatic carbocycles. The summed E-state index contributed by atoms with van der Waals surface area (Å²) in [7, 11) is 1.80. The third kappa shape index (κ3) is 2.08. The average Bonchev–Trinajstić information content (AvgIpc) is 1.89. The fourth-order valence-electron chi connectivity index (χ4n) is 0.394. The molecule has 0 aromatic carbocycles. The molecule has 0 bridgehead atoms. The topological polar surface area (TPSA) is 61.8 Å². The molecule has 0 aliphatic rings. The second-order valence-corrected chi connectivity index (χ2v) is 2.60. The van der Waals surface area contributed by atoms with Crippen LogP contribution in [0.3, 0.4) is 0 Å². The van der Waals surface area contributed by atoms with Crippen LogP contribution >= 0.6 is 0 Å². The standard InChI is InChI=1S/C7H13N3/c1-7(2,10-3)6(9)4-5-8/h4,10H,9H2,1-3H3/b6-4-. The summed E-state index contributed by atoms with van der Waals surface area (Å²) in [4.78, 5) is 0. The van der Waals surface area contributed by atoms with Crippen molar-refractivity contribution in [2.24, 2.45) is 5.73 Å². The molecular formula is C7H13N3. The van der Waals surface area contributed by atoms with Gasteiger partial charge in [-0.25, -0.2) is 0 Å². The summed E-state index contributed by atoms with van der Waals surface area (Å²) in [6, 6.07) is 1.88. The number of rotatable bonds is 2. The quantitative estimate of drug-likeness (QED) is 0.543. The van der Waals surface area contributed by atoms with E-state index in [2.05, 4.69) is 5.32 Å². The van der Waals surface area contributed by atoms with Crippen molar-refractivity contribution < 1.29 is 0 Å². The molecule has 0 saturated heterocycles. The molecule has 3 nitrogen and oxygen atoms in total. The van der Waals surface area contributed by atoms with Gasteiger partial charge in [-0.1, -0.05) is 0 Å². The van der Waals surface area contributed by atoms with E-state index >= 15 is 0 Å².